The van der Waals surface area contributed by atoms with Crippen molar-refractivity contribution in [2.24, 2.45) is 5.73 Å². The van der Waals surface area contributed by atoms with E-state index in [9.17, 15) is 34.2 Å². The van der Waals surface area contributed by atoms with E-state index in [4.69, 9.17) is 15.9 Å². The van der Waals surface area contributed by atoms with E-state index >= 15 is 0 Å². The van der Waals surface area contributed by atoms with Gasteiger partial charge in [-0.05, 0) is 0 Å². The molecule has 1 unspecified atom stereocenters. The monoisotopic (exact) mass is 559 g/mol. The predicted octanol–water partition coefficient (Wildman–Crippen LogP) is -4.39. The van der Waals surface area contributed by atoms with Gasteiger partial charge in [0.1, 0.15) is 6.04 Å². The molecule has 0 radical (unpaired) electrons. The Bertz CT molecular complexity index is 697. The third kappa shape index (κ3) is 15.4. The minimum Gasteiger partial charge on any atom is -0.480 e. The second-order valence-electron chi connectivity index (χ2n) is 8.03. The second kappa shape index (κ2) is 17.3. The van der Waals surface area contributed by atoms with Crippen LogP contribution in [0.3, 0.4) is 0 Å². The summed E-state index contributed by atoms with van der Waals surface area (Å²) in [6, 6.07) is -1.25. The average Bonchev–Trinajstić information content (AvgIpc) is 2.72. The van der Waals surface area contributed by atoms with Crippen molar-refractivity contribution in [2.45, 2.75) is 6.04 Å². The summed E-state index contributed by atoms with van der Waals surface area (Å²) in [5.41, 5.74) is 5.39. The Morgan fingerprint density at radius 1 is 0.629 bits per heavy atom. The molecule has 1 amide bonds. The number of nitrogens with one attached hydrogen (secondary N) is 1. The van der Waals surface area contributed by atoms with Crippen LogP contribution in [-0.4, -0.2) is 181 Å². The molecule has 35 heavy (non-hydrogen) atoms. The standard InChI is InChI=1S/C19H34N6O9.Ga/c20-14(19(33)34)9-21-15(26)10-22-1-3-23(11-16(27)28)5-7-25(13-18(31)32)8-6-24(4-2-22)12-17(29)30;/h14H,1-13,20H2,(H,21,26)(H,27,28)(H,29,30)(H,31,32)(H,33,34);/q;+3. The summed E-state index contributed by atoms with van der Waals surface area (Å²) >= 11 is 0. The van der Waals surface area contributed by atoms with E-state index in [0.29, 0.717) is 0 Å². The van der Waals surface area contributed by atoms with E-state index in [1.165, 1.54) is 0 Å². The largest absolute Gasteiger partial charge is 3.00 e. The first-order valence-electron chi connectivity index (χ1n) is 10.8. The normalized spacial score (nSPS) is 18.3. The van der Waals surface area contributed by atoms with Gasteiger partial charge in [-0.25, -0.2) is 0 Å². The Kier molecular flexibility index (Phi) is 16.2. The molecule has 1 rings (SSSR count). The summed E-state index contributed by atoms with van der Waals surface area (Å²) < 4.78 is 0. The molecule has 7 N–H and O–H groups in total. The number of carbonyl (C=O) groups is 5. The van der Waals surface area contributed by atoms with E-state index < -0.39 is 35.8 Å². The molecule has 16 heteroatoms. The maximum absolute atomic E-state index is 12.3. The average molecular weight is 560 g/mol. The molecular weight excluding hydrogens is 526 g/mol. The fraction of sp³-hybridized carbons (Fsp3) is 0.737. The Morgan fingerprint density at radius 2 is 0.914 bits per heavy atom. The molecule has 0 aromatic heterocycles. The summed E-state index contributed by atoms with van der Waals surface area (Å²) in [6.45, 7) is 1.04. The van der Waals surface area contributed by atoms with E-state index in [1.54, 1.807) is 19.6 Å². The molecule has 1 fully saturated rings. The number of aliphatic carboxylic acids is 4. The second-order valence-corrected chi connectivity index (χ2v) is 8.03. The number of amides is 1. The van der Waals surface area contributed by atoms with Crippen LogP contribution in [0.15, 0.2) is 0 Å². The van der Waals surface area contributed by atoms with Crippen LogP contribution in [0, 0.1) is 0 Å². The molecule has 0 spiro atoms. The van der Waals surface area contributed by atoms with Crippen LogP contribution in [0.25, 0.3) is 0 Å². The SMILES string of the molecule is NC(CNC(=O)CN1CCN(CC(=O)O)CCN(CC(=O)O)CCN(CC(=O)O)CC1)C(=O)O.[Ga+3]. The molecule has 0 aromatic carbocycles. The molecule has 0 aliphatic carbocycles. The smallest absolute Gasteiger partial charge is 0.480 e. The summed E-state index contributed by atoms with van der Waals surface area (Å²) in [7, 11) is 0. The fourth-order valence-corrected chi connectivity index (χ4v) is 3.35. The van der Waals surface area contributed by atoms with Crippen molar-refractivity contribution in [2.75, 3.05) is 85.1 Å². The number of nitrogens with zero attached hydrogens (tertiary/aromatic N) is 4. The first-order valence-corrected chi connectivity index (χ1v) is 10.8. The van der Waals surface area contributed by atoms with Gasteiger partial charge in [-0.1, -0.05) is 0 Å². The van der Waals surface area contributed by atoms with Crippen LogP contribution in [0.4, 0.5) is 0 Å². The maximum atomic E-state index is 12.3. The third-order valence-corrected chi connectivity index (χ3v) is 5.21. The molecule has 0 aromatic rings. The minimum atomic E-state index is -1.25. The van der Waals surface area contributed by atoms with Gasteiger partial charge in [0.05, 0.1) is 26.2 Å². The minimum absolute atomic E-state index is 0. The van der Waals surface area contributed by atoms with Gasteiger partial charge >= 0.3 is 43.7 Å². The van der Waals surface area contributed by atoms with Crippen molar-refractivity contribution in [3.8, 4) is 0 Å². The molecule has 1 saturated heterocycles. The van der Waals surface area contributed by atoms with Gasteiger partial charge in [-0.3, -0.25) is 43.6 Å². The van der Waals surface area contributed by atoms with Gasteiger partial charge < -0.3 is 31.5 Å². The first-order chi connectivity index (χ1) is 16.0. The zero-order chi connectivity index (χ0) is 25.7. The molecule has 1 aliphatic heterocycles. The molecule has 1 heterocycles. The summed E-state index contributed by atoms with van der Waals surface area (Å²) in [4.78, 5) is 63.5. The van der Waals surface area contributed by atoms with Crippen LogP contribution in [0.2, 0.25) is 0 Å². The summed E-state index contributed by atoms with van der Waals surface area (Å²) in [5, 5.41) is 38.9. The molecule has 1 aliphatic rings. The van der Waals surface area contributed by atoms with Crippen molar-refractivity contribution < 1.29 is 44.4 Å². The number of hydrogen-bond donors (Lipinski definition) is 6. The topological polar surface area (TPSA) is 217 Å². The Hall–Kier alpha value is -2.21. The van der Waals surface area contributed by atoms with E-state index in [2.05, 4.69) is 5.32 Å². The number of carboxylic acid groups (broad SMARTS) is 4. The first kappa shape index (κ1) is 32.8. The molecule has 194 valence electrons. The van der Waals surface area contributed by atoms with Crippen LogP contribution in [0.5, 0.6) is 0 Å². The maximum Gasteiger partial charge on any atom is 3.00 e. The third-order valence-electron chi connectivity index (χ3n) is 5.21. The van der Waals surface area contributed by atoms with E-state index in [1.807, 2.05) is 0 Å². The summed E-state index contributed by atoms with van der Waals surface area (Å²) in [6.07, 6.45) is 0. The molecule has 15 nitrogen and oxygen atoms in total. The number of carbonyl (C=O) groups excluding carboxylic acids is 1. The number of hydrogen-bond acceptors (Lipinski definition) is 10. The number of nitrogens with two attached hydrogens (primary N) is 1. The Morgan fingerprint density at radius 3 is 1.17 bits per heavy atom. The van der Waals surface area contributed by atoms with Gasteiger partial charge in [0, 0.05) is 58.9 Å². The quantitative estimate of drug-likeness (QED) is 0.132. The zero-order valence-corrected chi connectivity index (χ0v) is 22.0. The van der Waals surface area contributed by atoms with Crippen LogP contribution in [0.1, 0.15) is 0 Å². The number of carboxylic acids is 4. The van der Waals surface area contributed by atoms with Crippen molar-refractivity contribution in [3.63, 3.8) is 0 Å². The van der Waals surface area contributed by atoms with Crippen molar-refractivity contribution in [1.29, 1.82) is 0 Å². The van der Waals surface area contributed by atoms with Crippen molar-refractivity contribution >= 4 is 49.6 Å². The Balaban J connectivity index is 0.0000116. The van der Waals surface area contributed by atoms with Gasteiger partial charge in [0.25, 0.3) is 0 Å². The van der Waals surface area contributed by atoms with Crippen molar-refractivity contribution in [3.05, 3.63) is 0 Å². The molecule has 0 saturated carbocycles. The van der Waals surface area contributed by atoms with E-state index in [0.717, 1.165) is 0 Å². The molecular formula is C19H34GaN6O9+3. The zero-order valence-electron chi connectivity index (χ0n) is 19.5. The fourth-order valence-electron chi connectivity index (χ4n) is 3.35. The van der Waals surface area contributed by atoms with Crippen molar-refractivity contribution in [1.82, 2.24) is 24.9 Å². The van der Waals surface area contributed by atoms with E-state index in [-0.39, 0.29) is 105 Å². The molecule has 0 bridgehead atoms. The van der Waals surface area contributed by atoms with Gasteiger partial charge in [0.2, 0.25) is 5.91 Å². The summed E-state index contributed by atoms with van der Waals surface area (Å²) in [5.74, 6) is -4.85. The number of rotatable bonds is 11. The Labute approximate surface area is 215 Å². The van der Waals surface area contributed by atoms with Gasteiger partial charge in [-0.15, -0.1) is 0 Å². The molecule has 1 atom stereocenters. The van der Waals surface area contributed by atoms with Crippen LogP contribution >= 0.6 is 0 Å². The van der Waals surface area contributed by atoms with Crippen LogP contribution in [-0.2, 0) is 24.0 Å². The van der Waals surface area contributed by atoms with Gasteiger partial charge in [-0.2, -0.15) is 0 Å². The van der Waals surface area contributed by atoms with Crippen LogP contribution < -0.4 is 11.1 Å². The predicted molar refractivity (Wildman–Crippen MR) is 123 cm³/mol. The van der Waals surface area contributed by atoms with Gasteiger partial charge in [0.15, 0.2) is 0 Å².